The lowest BCUT2D eigenvalue weighted by Crippen LogP contribution is -2.46. The summed E-state index contributed by atoms with van der Waals surface area (Å²) in [5.41, 5.74) is 0. The maximum absolute atomic E-state index is 12.6. The van der Waals surface area contributed by atoms with Crippen LogP contribution in [0.1, 0.15) is 26.7 Å². The van der Waals surface area contributed by atoms with E-state index in [1.807, 2.05) is 0 Å². The highest BCUT2D eigenvalue weighted by Crippen LogP contribution is 2.29. The van der Waals surface area contributed by atoms with Crippen LogP contribution in [0.15, 0.2) is 23.1 Å². The fourth-order valence-corrected chi connectivity index (χ4v) is 4.12. The Morgan fingerprint density at radius 2 is 1.74 bits per heavy atom. The van der Waals surface area contributed by atoms with Crippen molar-refractivity contribution in [2.45, 2.75) is 43.7 Å². The Bertz CT molecular complexity index is 623. The molecule has 23 heavy (non-hydrogen) atoms. The molecule has 130 valence electrons. The number of hydrogen-bond donors (Lipinski definition) is 1. The Kier molecular flexibility index (Phi) is 5.89. The first kappa shape index (κ1) is 18.0. The molecule has 1 N–H and O–H groups in total. The number of nitrogens with one attached hydrogen (secondary N) is 1. The van der Waals surface area contributed by atoms with Crippen molar-refractivity contribution in [2.75, 3.05) is 27.3 Å². The van der Waals surface area contributed by atoms with Gasteiger partial charge in [-0.2, -0.15) is 0 Å². The smallest absolute Gasteiger partial charge is 0.240 e. The van der Waals surface area contributed by atoms with Crippen LogP contribution in [-0.4, -0.2) is 52.7 Å². The largest absolute Gasteiger partial charge is 0.493 e. The molecule has 7 heteroatoms. The topological polar surface area (TPSA) is 67.9 Å². The summed E-state index contributed by atoms with van der Waals surface area (Å²) in [6.07, 6.45) is 1.65. The van der Waals surface area contributed by atoms with E-state index in [1.165, 1.54) is 26.4 Å². The highest BCUT2D eigenvalue weighted by atomic mass is 32.2. The molecule has 0 radical (unpaired) electrons. The molecule has 1 aliphatic rings. The first-order valence-corrected chi connectivity index (χ1v) is 9.34. The minimum atomic E-state index is -3.56. The molecule has 1 saturated heterocycles. The van der Waals surface area contributed by atoms with E-state index >= 15 is 0 Å². The summed E-state index contributed by atoms with van der Waals surface area (Å²) >= 11 is 0. The van der Waals surface area contributed by atoms with E-state index in [1.54, 1.807) is 6.07 Å². The predicted molar refractivity (Wildman–Crippen MR) is 89.6 cm³/mol. The predicted octanol–water partition coefficient (Wildman–Crippen LogP) is 1.85. The van der Waals surface area contributed by atoms with Crippen molar-refractivity contribution < 1.29 is 17.9 Å². The summed E-state index contributed by atoms with van der Waals surface area (Å²) in [5, 5.41) is 0. The highest BCUT2D eigenvalue weighted by molar-refractivity contribution is 7.89. The molecule has 0 saturated carbocycles. The molecule has 0 aromatic heterocycles. The molecule has 1 fully saturated rings. The van der Waals surface area contributed by atoms with Crippen LogP contribution in [0.25, 0.3) is 0 Å². The fourth-order valence-electron chi connectivity index (χ4n) is 2.80. The Balaban J connectivity index is 2.08. The number of piperidine rings is 1. The van der Waals surface area contributed by atoms with Gasteiger partial charge >= 0.3 is 0 Å². The molecular formula is C16H26N2O4S. The summed E-state index contributed by atoms with van der Waals surface area (Å²) in [6.45, 7) is 6.15. The monoisotopic (exact) mass is 342 g/mol. The van der Waals surface area contributed by atoms with Crippen molar-refractivity contribution in [1.29, 1.82) is 0 Å². The van der Waals surface area contributed by atoms with Crippen LogP contribution in [0.2, 0.25) is 0 Å². The van der Waals surface area contributed by atoms with Gasteiger partial charge in [-0.1, -0.05) is 0 Å². The second-order valence-electron chi connectivity index (χ2n) is 6.04. The van der Waals surface area contributed by atoms with Crippen LogP contribution < -0.4 is 14.2 Å². The van der Waals surface area contributed by atoms with E-state index in [9.17, 15) is 8.42 Å². The molecule has 0 spiro atoms. The van der Waals surface area contributed by atoms with Gasteiger partial charge in [0.25, 0.3) is 0 Å². The van der Waals surface area contributed by atoms with Gasteiger partial charge in [0.15, 0.2) is 11.5 Å². The zero-order valence-corrected chi connectivity index (χ0v) is 15.0. The number of rotatable bonds is 6. The third-order valence-electron chi connectivity index (χ3n) is 4.25. The van der Waals surface area contributed by atoms with Gasteiger partial charge < -0.3 is 14.4 Å². The molecule has 1 aliphatic heterocycles. The molecule has 0 bridgehead atoms. The lowest BCUT2D eigenvalue weighted by atomic mass is 10.1. The zero-order chi connectivity index (χ0) is 17.0. The van der Waals surface area contributed by atoms with Gasteiger partial charge in [0.05, 0.1) is 19.1 Å². The van der Waals surface area contributed by atoms with Crippen LogP contribution in [0.5, 0.6) is 11.5 Å². The Morgan fingerprint density at radius 3 is 2.26 bits per heavy atom. The van der Waals surface area contributed by atoms with Crippen molar-refractivity contribution in [3.8, 4) is 11.5 Å². The number of hydrogen-bond acceptors (Lipinski definition) is 5. The first-order chi connectivity index (χ1) is 10.9. The molecule has 0 aliphatic carbocycles. The molecule has 0 amide bonds. The summed E-state index contributed by atoms with van der Waals surface area (Å²) in [6, 6.07) is 5.10. The van der Waals surface area contributed by atoms with Crippen LogP contribution >= 0.6 is 0 Å². The van der Waals surface area contributed by atoms with Gasteiger partial charge in [-0.05, 0) is 51.9 Å². The molecule has 6 nitrogen and oxygen atoms in total. The highest BCUT2D eigenvalue weighted by Gasteiger charge is 2.26. The summed E-state index contributed by atoms with van der Waals surface area (Å²) in [5.74, 6) is 0.918. The number of ether oxygens (including phenoxy) is 2. The van der Waals surface area contributed by atoms with Gasteiger partial charge in [-0.25, -0.2) is 13.1 Å². The third-order valence-corrected chi connectivity index (χ3v) is 5.77. The van der Waals surface area contributed by atoms with Gasteiger partial charge in [-0.15, -0.1) is 0 Å². The van der Waals surface area contributed by atoms with Gasteiger partial charge in [0, 0.05) is 18.2 Å². The quantitative estimate of drug-likeness (QED) is 0.855. The second-order valence-corrected chi connectivity index (χ2v) is 7.76. The van der Waals surface area contributed by atoms with Crippen LogP contribution in [0.4, 0.5) is 0 Å². The molecule has 1 heterocycles. The molecular weight excluding hydrogens is 316 g/mol. The van der Waals surface area contributed by atoms with Gasteiger partial charge in [0.2, 0.25) is 10.0 Å². The maximum atomic E-state index is 12.6. The number of methoxy groups -OCH3 is 2. The lowest BCUT2D eigenvalue weighted by molar-refractivity contribution is 0.168. The van der Waals surface area contributed by atoms with Gasteiger partial charge in [0.1, 0.15) is 0 Å². The number of nitrogens with zero attached hydrogens (tertiary/aromatic N) is 1. The van der Waals surface area contributed by atoms with Crippen molar-refractivity contribution in [3.63, 3.8) is 0 Å². The third kappa shape index (κ3) is 4.37. The van der Waals surface area contributed by atoms with Crippen molar-refractivity contribution in [1.82, 2.24) is 9.62 Å². The molecule has 1 aromatic carbocycles. The Labute approximate surface area is 138 Å². The normalized spacial score (nSPS) is 17.4. The fraction of sp³-hybridized carbons (Fsp3) is 0.625. The molecule has 1 aromatic rings. The van der Waals surface area contributed by atoms with Crippen molar-refractivity contribution in [2.24, 2.45) is 0 Å². The Morgan fingerprint density at radius 1 is 1.13 bits per heavy atom. The SMILES string of the molecule is COc1ccc(S(=O)(=O)NC2CCN(C(C)C)CC2)cc1OC. The van der Waals surface area contributed by atoms with E-state index in [-0.39, 0.29) is 10.9 Å². The maximum Gasteiger partial charge on any atom is 0.240 e. The average molecular weight is 342 g/mol. The Hall–Kier alpha value is -1.31. The molecule has 0 unspecified atom stereocenters. The van der Waals surface area contributed by atoms with Crippen LogP contribution in [-0.2, 0) is 10.0 Å². The first-order valence-electron chi connectivity index (χ1n) is 7.85. The minimum Gasteiger partial charge on any atom is -0.493 e. The minimum absolute atomic E-state index is 0.0249. The van der Waals surface area contributed by atoms with E-state index < -0.39 is 10.0 Å². The van der Waals surface area contributed by atoms with Crippen LogP contribution in [0.3, 0.4) is 0 Å². The molecule has 2 rings (SSSR count). The van der Waals surface area contributed by atoms with E-state index in [0.29, 0.717) is 17.5 Å². The van der Waals surface area contributed by atoms with Gasteiger partial charge in [-0.3, -0.25) is 0 Å². The number of sulfonamides is 1. The van der Waals surface area contributed by atoms with E-state index in [0.717, 1.165) is 25.9 Å². The second kappa shape index (κ2) is 7.51. The summed E-state index contributed by atoms with van der Waals surface area (Å²) in [4.78, 5) is 2.56. The number of benzene rings is 1. The van der Waals surface area contributed by atoms with Crippen molar-refractivity contribution in [3.05, 3.63) is 18.2 Å². The van der Waals surface area contributed by atoms with Crippen LogP contribution in [0, 0.1) is 0 Å². The standard InChI is InChI=1S/C16H26N2O4S/c1-12(2)18-9-7-13(8-10-18)17-23(19,20)14-5-6-15(21-3)16(11-14)22-4/h5-6,11-13,17H,7-10H2,1-4H3. The summed E-state index contributed by atoms with van der Waals surface area (Å²) < 4.78 is 38.3. The molecule has 0 atom stereocenters. The van der Waals surface area contributed by atoms with E-state index in [4.69, 9.17) is 9.47 Å². The summed E-state index contributed by atoms with van der Waals surface area (Å²) in [7, 11) is -0.549. The van der Waals surface area contributed by atoms with Crippen molar-refractivity contribution >= 4 is 10.0 Å². The zero-order valence-electron chi connectivity index (χ0n) is 14.2. The van der Waals surface area contributed by atoms with E-state index in [2.05, 4.69) is 23.5 Å². The number of likely N-dealkylation sites (tertiary alicyclic amines) is 1. The average Bonchev–Trinajstić information content (AvgIpc) is 2.54. The lowest BCUT2D eigenvalue weighted by Gasteiger charge is -2.34.